The number of aliphatic hydroxyl groups is 1. The van der Waals surface area contributed by atoms with E-state index in [2.05, 4.69) is 28.1 Å². The largest absolute Gasteiger partial charge is 0.394 e. The van der Waals surface area contributed by atoms with E-state index in [0.29, 0.717) is 6.54 Å². The van der Waals surface area contributed by atoms with Crippen molar-refractivity contribution in [1.82, 2.24) is 10.6 Å². The van der Waals surface area contributed by atoms with Gasteiger partial charge in [-0.3, -0.25) is 10.1 Å². The van der Waals surface area contributed by atoms with Crippen LogP contribution < -0.4 is 16.0 Å². The second kappa shape index (κ2) is 8.92. The first kappa shape index (κ1) is 17.0. The third kappa shape index (κ3) is 5.39. The fourth-order valence-corrected chi connectivity index (χ4v) is 2.20. The van der Waals surface area contributed by atoms with Gasteiger partial charge in [0, 0.05) is 25.8 Å². The van der Waals surface area contributed by atoms with Crippen LogP contribution in [0.3, 0.4) is 0 Å². The van der Waals surface area contributed by atoms with Crippen molar-refractivity contribution in [1.29, 1.82) is 0 Å². The zero-order valence-electron chi connectivity index (χ0n) is 13.3. The molecule has 0 aromatic heterocycles. The Morgan fingerprint density at radius 2 is 1.65 bits per heavy atom. The van der Waals surface area contributed by atoms with Crippen LogP contribution in [0.4, 0.5) is 5.69 Å². The van der Waals surface area contributed by atoms with Crippen molar-refractivity contribution in [3.63, 3.8) is 0 Å². The molecule has 2 aromatic rings. The lowest BCUT2D eigenvalue weighted by Gasteiger charge is -2.15. The molecule has 122 valence electrons. The van der Waals surface area contributed by atoms with Gasteiger partial charge >= 0.3 is 0 Å². The van der Waals surface area contributed by atoms with Crippen LogP contribution in [0, 0.1) is 0 Å². The van der Waals surface area contributed by atoms with Gasteiger partial charge in [0.25, 0.3) is 0 Å². The van der Waals surface area contributed by atoms with Gasteiger partial charge < -0.3 is 15.7 Å². The van der Waals surface area contributed by atoms with E-state index in [1.54, 1.807) is 7.05 Å². The van der Waals surface area contributed by atoms with E-state index in [1.165, 1.54) is 5.56 Å². The maximum Gasteiger partial charge on any atom is 0.239 e. The summed E-state index contributed by atoms with van der Waals surface area (Å²) < 4.78 is 0. The zero-order chi connectivity index (χ0) is 16.5. The van der Waals surface area contributed by atoms with E-state index in [4.69, 9.17) is 0 Å². The Labute approximate surface area is 136 Å². The van der Waals surface area contributed by atoms with Crippen LogP contribution in [0.2, 0.25) is 0 Å². The molecule has 0 spiro atoms. The Morgan fingerprint density at radius 1 is 1.00 bits per heavy atom. The second-order valence-corrected chi connectivity index (χ2v) is 5.27. The van der Waals surface area contributed by atoms with Crippen molar-refractivity contribution < 1.29 is 9.90 Å². The number of anilines is 1. The number of hydrogen-bond donors (Lipinski definition) is 4. The summed E-state index contributed by atoms with van der Waals surface area (Å²) in [7, 11) is 1.56. The first-order valence-electron chi connectivity index (χ1n) is 7.65. The van der Waals surface area contributed by atoms with Gasteiger partial charge in [0.2, 0.25) is 5.91 Å². The average Bonchev–Trinajstić information content (AvgIpc) is 2.62. The van der Waals surface area contributed by atoms with Crippen LogP contribution in [-0.4, -0.2) is 30.7 Å². The van der Waals surface area contributed by atoms with Crippen molar-refractivity contribution in [3.8, 4) is 0 Å². The number of carbonyl (C=O) groups excluding carboxylic acids is 1. The second-order valence-electron chi connectivity index (χ2n) is 5.27. The molecule has 2 rings (SSSR count). The first-order valence-corrected chi connectivity index (χ1v) is 7.65. The van der Waals surface area contributed by atoms with E-state index in [9.17, 15) is 9.90 Å². The standard InChI is InChI=1S/C18H23N3O2/c1-19-18(23)17(13-22)21-12-15-7-9-16(10-8-15)20-11-14-5-3-2-4-6-14/h2-10,17,20-22H,11-13H2,1H3,(H,19,23)/t17-/m0/s1. The zero-order valence-corrected chi connectivity index (χ0v) is 13.3. The normalized spacial score (nSPS) is 11.7. The van der Waals surface area contributed by atoms with E-state index in [0.717, 1.165) is 17.8 Å². The fraction of sp³-hybridized carbons (Fsp3) is 0.278. The fourth-order valence-electron chi connectivity index (χ4n) is 2.20. The molecule has 1 amide bonds. The lowest BCUT2D eigenvalue weighted by molar-refractivity contribution is -0.123. The minimum Gasteiger partial charge on any atom is -0.394 e. The van der Waals surface area contributed by atoms with Crippen molar-refractivity contribution in [2.45, 2.75) is 19.1 Å². The minimum atomic E-state index is -0.587. The van der Waals surface area contributed by atoms with Gasteiger partial charge in [0.05, 0.1) is 6.61 Å². The lowest BCUT2D eigenvalue weighted by atomic mass is 10.1. The molecule has 0 radical (unpaired) electrons. The number of benzene rings is 2. The summed E-state index contributed by atoms with van der Waals surface area (Å²) in [4.78, 5) is 11.5. The summed E-state index contributed by atoms with van der Waals surface area (Å²) in [5.41, 5.74) is 3.33. The van der Waals surface area contributed by atoms with Gasteiger partial charge in [-0.05, 0) is 23.3 Å². The van der Waals surface area contributed by atoms with E-state index >= 15 is 0 Å². The van der Waals surface area contributed by atoms with Gasteiger partial charge in [-0.1, -0.05) is 42.5 Å². The van der Waals surface area contributed by atoms with Gasteiger partial charge in [0.1, 0.15) is 6.04 Å². The van der Waals surface area contributed by atoms with Gasteiger partial charge in [-0.25, -0.2) is 0 Å². The van der Waals surface area contributed by atoms with Crippen molar-refractivity contribution in [2.75, 3.05) is 19.0 Å². The number of amides is 1. The SMILES string of the molecule is CNC(=O)[C@H](CO)NCc1ccc(NCc2ccccc2)cc1. The van der Waals surface area contributed by atoms with E-state index in [1.807, 2.05) is 42.5 Å². The van der Waals surface area contributed by atoms with Gasteiger partial charge in [-0.15, -0.1) is 0 Å². The maximum atomic E-state index is 11.5. The highest BCUT2D eigenvalue weighted by Gasteiger charge is 2.14. The molecule has 4 N–H and O–H groups in total. The lowest BCUT2D eigenvalue weighted by Crippen LogP contribution is -2.44. The quantitative estimate of drug-likeness (QED) is 0.596. The van der Waals surface area contributed by atoms with Crippen molar-refractivity contribution in [3.05, 3.63) is 65.7 Å². The molecular formula is C18H23N3O2. The summed E-state index contributed by atoms with van der Waals surface area (Å²) >= 11 is 0. The highest BCUT2D eigenvalue weighted by molar-refractivity contribution is 5.81. The van der Waals surface area contributed by atoms with Crippen LogP contribution in [0.25, 0.3) is 0 Å². The Bertz CT molecular complexity index is 599. The van der Waals surface area contributed by atoms with E-state index < -0.39 is 6.04 Å². The monoisotopic (exact) mass is 313 g/mol. The highest BCUT2D eigenvalue weighted by Crippen LogP contribution is 2.11. The molecule has 0 saturated carbocycles. The molecule has 23 heavy (non-hydrogen) atoms. The smallest absolute Gasteiger partial charge is 0.239 e. The molecular weight excluding hydrogens is 290 g/mol. The van der Waals surface area contributed by atoms with Crippen LogP contribution in [-0.2, 0) is 17.9 Å². The van der Waals surface area contributed by atoms with Crippen LogP contribution in [0.15, 0.2) is 54.6 Å². The molecule has 5 heteroatoms. The van der Waals surface area contributed by atoms with Crippen LogP contribution in [0.1, 0.15) is 11.1 Å². The van der Waals surface area contributed by atoms with Gasteiger partial charge in [0.15, 0.2) is 0 Å². The van der Waals surface area contributed by atoms with Crippen LogP contribution in [0.5, 0.6) is 0 Å². The number of nitrogens with one attached hydrogen (secondary N) is 3. The molecule has 0 saturated heterocycles. The summed E-state index contributed by atoms with van der Waals surface area (Å²) in [6.45, 7) is 1.08. The first-order chi connectivity index (χ1) is 11.2. The molecule has 0 heterocycles. The summed E-state index contributed by atoms with van der Waals surface area (Å²) in [6.07, 6.45) is 0. The summed E-state index contributed by atoms with van der Waals surface area (Å²) in [5.74, 6) is -0.214. The molecule has 0 aliphatic carbocycles. The highest BCUT2D eigenvalue weighted by atomic mass is 16.3. The Hall–Kier alpha value is -2.37. The van der Waals surface area contributed by atoms with Crippen molar-refractivity contribution in [2.24, 2.45) is 0 Å². The topological polar surface area (TPSA) is 73.4 Å². The van der Waals surface area contributed by atoms with Crippen molar-refractivity contribution >= 4 is 11.6 Å². The molecule has 0 bridgehead atoms. The molecule has 2 aromatic carbocycles. The molecule has 5 nitrogen and oxygen atoms in total. The predicted octanol–water partition coefficient (Wildman–Crippen LogP) is 1.50. The molecule has 1 atom stereocenters. The summed E-state index contributed by atoms with van der Waals surface area (Å²) in [5, 5.41) is 18.1. The van der Waals surface area contributed by atoms with Gasteiger partial charge in [-0.2, -0.15) is 0 Å². The molecule has 0 aliphatic rings. The minimum absolute atomic E-state index is 0.214. The molecule has 0 fully saturated rings. The number of rotatable bonds is 8. The van der Waals surface area contributed by atoms with Crippen LogP contribution >= 0.6 is 0 Å². The molecule has 0 aliphatic heterocycles. The Balaban J connectivity index is 1.83. The maximum absolute atomic E-state index is 11.5. The number of hydrogen-bond acceptors (Lipinski definition) is 4. The predicted molar refractivity (Wildman–Crippen MR) is 92.0 cm³/mol. The third-order valence-electron chi connectivity index (χ3n) is 3.59. The Morgan fingerprint density at radius 3 is 2.26 bits per heavy atom. The molecule has 0 unspecified atom stereocenters. The number of likely N-dealkylation sites (N-methyl/N-ethyl adjacent to an activating group) is 1. The number of carbonyl (C=O) groups is 1. The van der Waals surface area contributed by atoms with E-state index in [-0.39, 0.29) is 12.5 Å². The summed E-state index contributed by atoms with van der Waals surface area (Å²) in [6, 6.07) is 17.6. The average molecular weight is 313 g/mol. The Kier molecular flexibility index (Phi) is 6.59. The number of aliphatic hydroxyl groups excluding tert-OH is 1. The third-order valence-corrected chi connectivity index (χ3v) is 3.59.